The summed E-state index contributed by atoms with van der Waals surface area (Å²) in [5.41, 5.74) is 0.844. The number of hydrogen-bond acceptors (Lipinski definition) is 5. The Balaban J connectivity index is 1.24. The minimum Gasteiger partial charge on any atom is -0.342 e. The lowest BCUT2D eigenvalue weighted by molar-refractivity contribution is -0.132. The van der Waals surface area contributed by atoms with Crippen LogP contribution in [0.3, 0.4) is 0 Å². The number of nitrogens with one attached hydrogen (secondary N) is 1. The Morgan fingerprint density at radius 3 is 2.10 bits per heavy atom. The van der Waals surface area contributed by atoms with Crippen LogP contribution < -0.4 is 5.32 Å². The molecule has 2 amide bonds. The summed E-state index contributed by atoms with van der Waals surface area (Å²) < 4.78 is 0. The van der Waals surface area contributed by atoms with Crippen molar-refractivity contribution in [1.29, 1.82) is 0 Å². The van der Waals surface area contributed by atoms with Crippen LogP contribution in [-0.2, 0) is 9.59 Å². The van der Waals surface area contributed by atoms with Crippen LogP contribution in [0.5, 0.6) is 0 Å². The first-order chi connectivity index (χ1) is 15.2. The molecule has 31 heavy (non-hydrogen) atoms. The van der Waals surface area contributed by atoms with E-state index in [4.69, 9.17) is 0 Å². The monoisotopic (exact) mass is 438 g/mol. The number of likely N-dealkylation sites (tertiary alicyclic amines) is 1. The summed E-state index contributed by atoms with van der Waals surface area (Å²) in [7, 11) is 0. The average molecular weight is 439 g/mol. The number of nitrogens with zero attached hydrogens (tertiary/aromatic N) is 3. The van der Waals surface area contributed by atoms with Gasteiger partial charge in [0.05, 0.1) is 18.8 Å². The van der Waals surface area contributed by atoms with Crippen molar-refractivity contribution in [1.82, 2.24) is 14.7 Å². The van der Waals surface area contributed by atoms with Gasteiger partial charge in [0.2, 0.25) is 11.8 Å². The van der Waals surface area contributed by atoms with Gasteiger partial charge in [-0.3, -0.25) is 19.4 Å². The Bertz CT molecular complexity index is 878. The number of carbonyl (C=O) groups is 2. The van der Waals surface area contributed by atoms with Crippen molar-refractivity contribution in [2.24, 2.45) is 0 Å². The zero-order chi connectivity index (χ0) is 21.5. The van der Waals surface area contributed by atoms with E-state index in [0.717, 1.165) is 67.6 Å². The molecule has 2 aromatic carbocycles. The van der Waals surface area contributed by atoms with Crippen LogP contribution in [-0.4, -0.2) is 78.9 Å². The highest BCUT2D eigenvalue weighted by atomic mass is 32.2. The molecule has 0 atom stereocenters. The highest BCUT2D eigenvalue weighted by Gasteiger charge is 2.24. The first-order valence-corrected chi connectivity index (χ1v) is 11.8. The summed E-state index contributed by atoms with van der Waals surface area (Å²) >= 11 is 1.65. The van der Waals surface area contributed by atoms with Crippen molar-refractivity contribution in [2.45, 2.75) is 22.6 Å². The van der Waals surface area contributed by atoms with E-state index >= 15 is 0 Å². The molecule has 0 radical (unpaired) electrons. The van der Waals surface area contributed by atoms with Crippen molar-refractivity contribution in [3.63, 3.8) is 0 Å². The first kappa shape index (κ1) is 21.9. The molecule has 6 nitrogen and oxygen atoms in total. The second kappa shape index (κ2) is 10.8. The third kappa shape index (κ3) is 6.32. The summed E-state index contributed by atoms with van der Waals surface area (Å²) in [6.07, 6.45) is 2.25. The van der Waals surface area contributed by atoms with Gasteiger partial charge in [-0.2, -0.15) is 0 Å². The molecule has 0 aliphatic carbocycles. The molecule has 2 aliphatic rings. The van der Waals surface area contributed by atoms with Gasteiger partial charge in [0, 0.05) is 49.1 Å². The summed E-state index contributed by atoms with van der Waals surface area (Å²) in [4.78, 5) is 33.6. The Kier molecular flexibility index (Phi) is 7.61. The minimum absolute atomic E-state index is 0.00250. The molecule has 2 aliphatic heterocycles. The lowest BCUT2D eigenvalue weighted by atomic mass is 10.3. The van der Waals surface area contributed by atoms with E-state index in [1.807, 2.05) is 47.4 Å². The molecule has 1 N–H and O–H groups in total. The van der Waals surface area contributed by atoms with E-state index in [1.54, 1.807) is 11.8 Å². The summed E-state index contributed by atoms with van der Waals surface area (Å²) in [5.74, 6) is 0.249. The molecule has 4 rings (SSSR count). The number of amides is 2. The minimum atomic E-state index is 0.00250. The third-order valence-corrected chi connectivity index (χ3v) is 6.87. The van der Waals surface area contributed by atoms with Crippen molar-refractivity contribution in [3.05, 3.63) is 54.6 Å². The zero-order valence-corrected chi connectivity index (χ0v) is 18.7. The highest BCUT2D eigenvalue weighted by Crippen LogP contribution is 2.33. The van der Waals surface area contributed by atoms with E-state index in [1.165, 1.54) is 0 Å². The van der Waals surface area contributed by atoms with Crippen molar-refractivity contribution < 1.29 is 9.59 Å². The smallest absolute Gasteiger partial charge is 0.238 e. The number of para-hydroxylation sites is 1. The Labute approximate surface area is 188 Å². The molecule has 0 aromatic heterocycles. The van der Waals surface area contributed by atoms with Gasteiger partial charge in [-0.15, -0.1) is 0 Å². The number of carbonyl (C=O) groups excluding carboxylic acids is 2. The quantitative estimate of drug-likeness (QED) is 0.720. The van der Waals surface area contributed by atoms with Crippen molar-refractivity contribution >= 4 is 29.3 Å². The van der Waals surface area contributed by atoms with Crippen LogP contribution in [0.15, 0.2) is 64.4 Å². The van der Waals surface area contributed by atoms with E-state index < -0.39 is 0 Å². The normalized spacial score (nSPS) is 17.6. The molecule has 2 aromatic rings. The Morgan fingerprint density at radius 1 is 0.774 bits per heavy atom. The average Bonchev–Trinajstić information content (AvgIpc) is 3.32. The number of anilines is 1. The molecule has 0 unspecified atom stereocenters. The topological polar surface area (TPSA) is 55.9 Å². The van der Waals surface area contributed by atoms with Gasteiger partial charge < -0.3 is 10.2 Å². The maximum absolute atomic E-state index is 12.7. The second-order valence-corrected chi connectivity index (χ2v) is 9.21. The fourth-order valence-electron chi connectivity index (χ4n) is 4.03. The molecule has 7 heteroatoms. The van der Waals surface area contributed by atoms with Gasteiger partial charge in [-0.1, -0.05) is 42.1 Å². The maximum atomic E-state index is 12.7. The molecular formula is C24H30N4O2S. The fourth-order valence-corrected chi connectivity index (χ4v) is 4.95. The molecule has 0 saturated carbocycles. The summed E-state index contributed by atoms with van der Waals surface area (Å²) in [6.45, 7) is 5.96. The predicted molar refractivity (Wildman–Crippen MR) is 124 cm³/mol. The van der Waals surface area contributed by atoms with Crippen LogP contribution in [0.25, 0.3) is 0 Å². The van der Waals surface area contributed by atoms with Gasteiger partial charge in [-0.25, -0.2) is 0 Å². The third-order valence-electron chi connectivity index (χ3n) is 5.78. The standard InChI is InChI=1S/C24H30N4O2S/c29-23(25-21-10-4-5-11-22(21)31-20-8-2-1-3-9-20)18-26-14-16-27(17-15-26)19-24(30)28-12-6-7-13-28/h1-5,8-11H,6-7,12-19H2,(H,25,29). The van der Waals surface area contributed by atoms with Crippen LogP contribution >= 0.6 is 11.8 Å². The predicted octanol–water partition coefficient (Wildman–Crippen LogP) is 3.02. The van der Waals surface area contributed by atoms with Gasteiger partial charge in [0.1, 0.15) is 0 Å². The van der Waals surface area contributed by atoms with Crippen molar-refractivity contribution in [3.8, 4) is 0 Å². The van der Waals surface area contributed by atoms with Gasteiger partial charge in [-0.05, 0) is 37.1 Å². The van der Waals surface area contributed by atoms with Crippen LogP contribution in [0.1, 0.15) is 12.8 Å². The van der Waals surface area contributed by atoms with E-state index in [0.29, 0.717) is 13.1 Å². The highest BCUT2D eigenvalue weighted by molar-refractivity contribution is 7.99. The molecule has 2 saturated heterocycles. The summed E-state index contributed by atoms with van der Waals surface area (Å²) in [5, 5.41) is 3.08. The van der Waals surface area contributed by atoms with Crippen LogP contribution in [0, 0.1) is 0 Å². The second-order valence-electron chi connectivity index (χ2n) is 8.10. The lowest BCUT2D eigenvalue weighted by Crippen LogP contribution is -2.51. The maximum Gasteiger partial charge on any atom is 0.238 e. The molecule has 0 bridgehead atoms. The Morgan fingerprint density at radius 2 is 1.39 bits per heavy atom. The molecule has 164 valence electrons. The number of hydrogen-bond donors (Lipinski definition) is 1. The summed E-state index contributed by atoms with van der Waals surface area (Å²) in [6, 6.07) is 18.1. The number of piperazine rings is 1. The number of rotatable bonds is 7. The van der Waals surface area contributed by atoms with Gasteiger partial charge >= 0.3 is 0 Å². The molecular weight excluding hydrogens is 408 g/mol. The number of benzene rings is 2. The first-order valence-electron chi connectivity index (χ1n) is 11.0. The molecule has 2 heterocycles. The largest absolute Gasteiger partial charge is 0.342 e. The lowest BCUT2D eigenvalue weighted by Gasteiger charge is -2.34. The SMILES string of the molecule is O=C(CN1CCN(CC(=O)N2CCCC2)CC1)Nc1ccccc1Sc1ccccc1. The van der Waals surface area contributed by atoms with Crippen molar-refractivity contribution in [2.75, 3.05) is 57.7 Å². The molecule has 2 fully saturated rings. The van der Waals surface area contributed by atoms with Crippen LogP contribution in [0.4, 0.5) is 5.69 Å². The van der Waals surface area contributed by atoms with Gasteiger partial charge in [0.25, 0.3) is 0 Å². The van der Waals surface area contributed by atoms with Crippen LogP contribution in [0.2, 0.25) is 0 Å². The Hall–Kier alpha value is -2.35. The van der Waals surface area contributed by atoms with E-state index in [2.05, 4.69) is 27.2 Å². The van der Waals surface area contributed by atoms with E-state index in [-0.39, 0.29) is 11.8 Å². The van der Waals surface area contributed by atoms with E-state index in [9.17, 15) is 9.59 Å². The zero-order valence-electron chi connectivity index (χ0n) is 17.8. The molecule has 0 spiro atoms. The van der Waals surface area contributed by atoms with Gasteiger partial charge in [0.15, 0.2) is 0 Å². The fraction of sp³-hybridized carbons (Fsp3) is 0.417.